The Bertz CT molecular complexity index is 633. The second-order valence-electron chi connectivity index (χ2n) is 6.82. The Morgan fingerprint density at radius 2 is 2.32 bits per heavy atom. The minimum absolute atomic E-state index is 0.0146. The molecule has 3 unspecified atom stereocenters. The summed E-state index contributed by atoms with van der Waals surface area (Å²) in [5.74, 6) is 4.71. The summed E-state index contributed by atoms with van der Waals surface area (Å²) in [4.78, 5) is 15.1. The molecule has 1 aromatic rings. The van der Waals surface area contributed by atoms with Gasteiger partial charge in [0.15, 0.2) is 0 Å². The lowest BCUT2D eigenvalue weighted by molar-refractivity contribution is -0.148. The predicted molar refractivity (Wildman–Crippen MR) is 104 cm³/mol. The van der Waals surface area contributed by atoms with E-state index in [0.717, 1.165) is 30.9 Å². The third-order valence-electron chi connectivity index (χ3n) is 5.35. The van der Waals surface area contributed by atoms with Crippen LogP contribution in [0.25, 0.3) is 0 Å². The molecule has 4 nitrogen and oxygen atoms in total. The van der Waals surface area contributed by atoms with Crippen LogP contribution in [0.3, 0.4) is 0 Å². The molecule has 0 bridgehead atoms. The number of morpholine rings is 1. The largest absolute Gasteiger partial charge is 0.497 e. The second kappa shape index (κ2) is 7.80. The topological polar surface area (TPSA) is 38.8 Å². The van der Waals surface area contributed by atoms with Gasteiger partial charge >= 0.3 is 0 Å². The Morgan fingerprint density at radius 1 is 1.40 bits per heavy atom. The Balaban J connectivity index is 1.49. The van der Waals surface area contributed by atoms with E-state index in [-0.39, 0.29) is 12.1 Å². The van der Waals surface area contributed by atoms with E-state index in [1.165, 1.54) is 22.6 Å². The summed E-state index contributed by atoms with van der Waals surface area (Å²) in [6.07, 6.45) is 2.65. The van der Waals surface area contributed by atoms with Gasteiger partial charge in [0.25, 0.3) is 0 Å². The van der Waals surface area contributed by atoms with Crippen LogP contribution in [-0.2, 0) is 16.0 Å². The molecule has 3 atom stereocenters. The van der Waals surface area contributed by atoms with Crippen LogP contribution in [0.4, 0.5) is 0 Å². The molecule has 1 amide bonds. The van der Waals surface area contributed by atoms with Crippen molar-refractivity contribution in [3.05, 3.63) is 29.3 Å². The van der Waals surface area contributed by atoms with E-state index < -0.39 is 0 Å². The standard InChI is InChI=1S/C19H25NO3S2/c1-22-14-3-4-16-13(10-14)2-5-17-19(16)23-7-6-20(17)18(21)11-15-12-24-8-9-25-15/h3-4,10,15,17,19H,2,5-9,11-12H2,1H3. The molecular weight excluding hydrogens is 354 g/mol. The Kier molecular flexibility index (Phi) is 5.48. The van der Waals surface area contributed by atoms with Crippen molar-refractivity contribution in [1.29, 1.82) is 0 Å². The van der Waals surface area contributed by atoms with E-state index in [2.05, 4.69) is 17.0 Å². The summed E-state index contributed by atoms with van der Waals surface area (Å²) in [5.41, 5.74) is 2.53. The van der Waals surface area contributed by atoms with Gasteiger partial charge in [-0.05, 0) is 36.1 Å². The van der Waals surface area contributed by atoms with Crippen molar-refractivity contribution in [2.24, 2.45) is 0 Å². The molecule has 4 rings (SSSR count). The zero-order valence-corrected chi connectivity index (χ0v) is 16.2. The molecule has 0 aromatic heterocycles. The van der Waals surface area contributed by atoms with Crippen LogP contribution in [0.15, 0.2) is 18.2 Å². The number of amides is 1. The molecule has 0 spiro atoms. The number of carbonyl (C=O) groups excluding carboxylic acids is 1. The molecule has 6 heteroatoms. The Morgan fingerprint density at radius 3 is 3.12 bits per heavy atom. The van der Waals surface area contributed by atoms with Gasteiger partial charge in [-0.25, -0.2) is 0 Å². The minimum atomic E-state index is 0.0146. The van der Waals surface area contributed by atoms with Crippen molar-refractivity contribution in [3.8, 4) is 5.75 Å². The summed E-state index contributed by atoms with van der Waals surface area (Å²) < 4.78 is 11.5. The summed E-state index contributed by atoms with van der Waals surface area (Å²) in [5, 5.41) is 0.479. The molecule has 2 saturated heterocycles. The van der Waals surface area contributed by atoms with Crippen LogP contribution in [0, 0.1) is 0 Å². The third-order valence-corrected chi connectivity index (χ3v) is 8.20. The van der Waals surface area contributed by atoms with E-state index >= 15 is 0 Å². The highest BCUT2D eigenvalue weighted by atomic mass is 32.2. The number of rotatable bonds is 3. The summed E-state index contributed by atoms with van der Waals surface area (Å²) >= 11 is 3.94. The molecule has 0 saturated carbocycles. The Hall–Kier alpha value is -0.850. The van der Waals surface area contributed by atoms with Crippen LogP contribution < -0.4 is 4.74 Å². The second-order valence-corrected chi connectivity index (χ2v) is 9.38. The first-order chi connectivity index (χ1) is 12.3. The van der Waals surface area contributed by atoms with Crippen molar-refractivity contribution in [3.63, 3.8) is 0 Å². The molecule has 2 aliphatic heterocycles. The van der Waals surface area contributed by atoms with E-state index in [0.29, 0.717) is 24.2 Å². The average Bonchev–Trinajstić information content (AvgIpc) is 2.67. The summed E-state index contributed by atoms with van der Waals surface area (Å²) in [6, 6.07) is 6.42. The number of fused-ring (bicyclic) bond motifs is 3. The number of benzene rings is 1. The zero-order chi connectivity index (χ0) is 17.2. The summed E-state index contributed by atoms with van der Waals surface area (Å²) in [7, 11) is 1.70. The van der Waals surface area contributed by atoms with Crippen molar-refractivity contribution in [1.82, 2.24) is 4.90 Å². The van der Waals surface area contributed by atoms with Gasteiger partial charge in [0.05, 0.1) is 19.8 Å². The van der Waals surface area contributed by atoms with Crippen molar-refractivity contribution in [2.45, 2.75) is 36.7 Å². The molecule has 2 heterocycles. The number of hydrogen-bond acceptors (Lipinski definition) is 5. The van der Waals surface area contributed by atoms with Gasteiger partial charge in [0, 0.05) is 35.5 Å². The van der Waals surface area contributed by atoms with Gasteiger partial charge in [-0.3, -0.25) is 4.79 Å². The number of aryl methyl sites for hydroxylation is 1. The van der Waals surface area contributed by atoms with Crippen LogP contribution in [0.5, 0.6) is 5.75 Å². The molecule has 0 radical (unpaired) electrons. The lowest BCUT2D eigenvalue weighted by Crippen LogP contribution is -2.52. The maximum atomic E-state index is 13.0. The molecule has 1 aromatic carbocycles. The lowest BCUT2D eigenvalue weighted by Gasteiger charge is -2.45. The van der Waals surface area contributed by atoms with Crippen LogP contribution in [-0.4, -0.2) is 59.6 Å². The number of carbonyl (C=O) groups is 1. The van der Waals surface area contributed by atoms with E-state index in [4.69, 9.17) is 9.47 Å². The van der Waals surface area contributed by atoms with Crippen LogP contribution in [0.1, 0.15) is 30.1 Å². The first-order valence-corrected chi connectivity index (χ1v) is 11.2. The zero-order valence-electron chi connectivity index (χ0n) is 14.6. The fourth-order valence-corrected chi connectivity index (χ4v) is 6.78. The molecule has 2 fully saturated rings. The number of hydrogen-bond donors (Lipinski definition) is 0. The van der Waals surface area contributed by atoms with Gasteiger partial charge in [-0.2, -0.15) is 23.5 Å². The van der Waals surface area contributed by atoms with Crippen LogP contribution in [0.2, 0.25) is 0 Å². The van der Waals surface area contributed by atoms with E-state index in [9.17, 15) is 4.79 Å². The van der Waals surface area contributed by atoms with E-state index in [1.807, 2.05) is 29.6 Å². The van der Waals surface area contributed by atoms with Crippen molar-refractivity contribution < 1.29 is 14.3 Å². The number of methoxy groups -OCH3 is 1. The maximum Gasteiger partial charge on any atom is 0.224 e. The van der Waals surface area contributed by atoms with E-state index in [1.54, 1.807) is 7.11 Å². The van der Waals surface area contributed by atoms with Gasteiger partial charge < -0.3 is 14.4 Å². The van der Waals surface area contributed by atoms with Gasteiger partial charge in [0.2, 0.25) is 5.91 Å². The molecule has 136 valence electrons. The molecule has 3 aliphatic rings. The SMILES string of the molecule is COc1ccc2c(c1)CCC1C2OCCN1C(=O)CC1CSCCS1. The Labute approximate surface area is 158 Å². The molecule has 25 heavy (non-hydrogen) atoms. The molecular formula is C19H25NO3S2. The smallest absolute Gasteiger partial charge is 0.224 e. The predicted octanol–water partition coefficient (Wildman–Crippen LogP) is 3.15. The third kappa shape index (κ3) is 3.67. The molecule has 1 aliphatic carbocycles. The normalized spacial score (nSPS) is 28.8. The highest BCUT2D eigenvalue weighted by Crippen LogP contribution is 2.39. The van der Waals surface area contributed by atoms with Gasteiger partial charge in [-0.15, -0.1) is 0 Å². The first-order valence-electron chi connectivity index (χ1n) is 9.03. The highest BCUT2D eigenvalue weighted by molar-refractivity contribution is 8.06. The quantitative estimate of drug-likeness (QED) is 0.807. The van der Waals surface area contributed by atoms with Crippen LogP contribution >= 0.6 is 23.5 Å². The fraction of sp³-hybridized carbons (Fsp3) is 0.632. The maximum absolute atomic E-state index is 13.0. The van der Waals surface area contributed by atoms with Gasteiger partial charge in [-0.1, -0.05) is 6.07 Å². The first kappa shape index (κ1) is 17.6. The highest BCUT2D eigenvalue weighted by Gasteiger charge is 2.39. The lowest BCUT2D eigenvalue weighted by atomic mass is 9.84. The fourth-order valence-electron chi connectivity index (χ4n) is 4.11. The average molecular weight is 380 g/mol. The number of thioether (sulfide) groups is 2. The van der Waals surface area contributed by atoms with Crippen molar-refractivity contribution in [2.75, 3.05) is 37.5 Å². The van der Waals surface area contributed by atoms with Gasteiger partial charge in [0.1, 0.15) is 11.9 Å². The minimum Gasteiger partial charge on any atom is -0.497 e. The van der Waals surface area contributed by atoms with Crippen molar-refractivity contribution >= 4 is 29.4 Å². The monoisotopic (exact) mass is 379 g/mol. The molecule has 0 N–H and O–H groups in total. The number of ether oxygens (including phenoxy) is 2. The number of nitrogens with zero attached hydrogens (tertiary/aromatic N) is 1. The summed E-state index contributed by atoms with van der Waals surface area (Å²) in [6.45, 7) is 1.36.